The number of nitrogens with zero attached hydrogens (tertiary/aromatic N) is 2. The molecule has 0 unspecified atom stereocenters. The highest BCUT2D eigenvalue weighted by molar-refractivity contribution is 5.97. The van der Waals surface area contributed by atoms with Crippen molar-refractivity contribution in [3.63, 3.8) is 0 Å². The summed E-state index contributed by atoms with van der Waals surface area (Å²) in [5.41, 5.74) is -0.717. The first-order valence-corrected chi connectivity index (χ1v) is 5.97. The molecule has 1 amide bonds. The van der Waals surface area contributed by atoms with E-state index in [1.807, 2.05) is 5.10 Å². The first-order valence-electron chi connectivity index (χ1n) is 5.97. The highest BCUT2D eigenvalue weighted by Crippen LogP contribution is 2.27. The summed E-state index contributed by atoms with van der Waals surface area (Å²) < 4.78 is 43.2. The first-order chi connectivity index (χ1) is 10.3. The maximum Gasteiger partial charge on any atom is 0.471 e. The van der Waals surface area contributed by atoms with Crippen molar-refractivity contribution >= 4 is 11.6 Å². The molecule has 118 valence electrons. The fourth-order valence-corrected chi connectivity index (χ4v) is 1.74. The van der Waals surface area contributed by atoms with Gasteiger partial charge in [-0.2, -0.15) is 18.3 Å². The Bertz CT molecular complexity index is 723. The van der Waals surface area contributed by atoms with Crippen LogP contribution in [0.5, 0.6) is 5.75 Å². The number of nitrogens with one attached hydrogen (secondary N) is 2. The summed E-state index contributed by atoms with van der Waals surface area (Å²) in [4.78, 5) is 25.2. The number of methoxy groups -OCH3 is 1. The van der Waals surface area contributed by atoms with E-state index in [9.17, 15) is 22.8 Å². The fourth-order valence-electron chi connectivity index (χ4n) is 1.74. The zero-order chi connectivity index (χ0) is 16.3. The summed E-state index contributed by atoms with van der Waals surface area (Å²) in [6, 6.07) is 5.56. The molecule has 0 saturated carbocycles. The van der Waals surface area contributed by atoms with Gasteiger partial charge in [0.05, 0.1) is 13.7 Å². The number of hydrogen-bond donors (Lipinski definition) is 2. The van der Waals surface area contributed by atoms with Gasteiger partial charge in [0, 0.05) is 11.8 Å². The maximum atomic E-state index is 12.8. The number of carbonyl (C=O) groups excluding carboxylic acids is 1. The Morgan fingerprint density at radius 2 is 2.14 bits per heavy atom. The predicted octanol–water partition coefficient (Wildman–Crippen LogP) is 1.20. The van der Waals surface area contributed by atoms with Crippen LogP contribution in [-0.4, -0.2) is 34.4 Å². The van der Waals surface area contributed by atoms with Crippen LogP contribution in [-0.2, 0) is 11.3 Å². The average Bonchev–Trinajstić information content (AvgIpc) is 2.88. The number of benzene rings is 1. The van der Waals surface area contributed by atoms with E-state index in [2.05, 4.69) is 10.1 Å². The molecule has 0 atom stereocenters. The third-order valence-corrected chi connectivity index (χ3v) is 2.71. The lowest BCUT2D eigenvalue weighted by molar-refractivity contribution is -0.170. The number of H-pyrrole nitrogens is 2. The number of amides is 1. The lowest BCUT2D eigenvalue weighted by Crippen LogP contribution is -2.41. The van der Waals surface area contributed by atoms with Crippen molar-refractivity contribution in [3.05, 3.63) is 40.6 Å². The van der Waals surface area contributed by atoms with Gasteiger partial charge in [-0.15, -0.1) is 0 Å². The van der Waals surface area contributed by atoms with Crippen LogP contribution in [0.1, 0.15) is 5.82 Å². The Balaban J connectivity index is 2.40. The highest BCUT2D eigenvalue weighted by atomic mass is 19.4. The molecule has 0 aliphatic heterocycles. The summed E-state index contributed by atoms with van der Waals surface area (Å²) >= 11 is 0. The molecule has 0 aliphatic rings. The molecule has 0 saturated heterocycles. The number of anilines is 1. The van der Waals surface area contributed by atoms with Gasteiger partial charge in [-0.25, -0.2) is 9.89 Å². The van der Waals surface area contributed by atoms with E-state index >= 15 is 0 Å². The molecule has 22 heavy (non-hydrogen) atoms. The van der Waals surface area contributed by atoms with Crippen molar-refractivity contribution in [2.24, 2.45) is 0 Å². The zero-order valence-electron chi connectivity index (χ0n) is 11.3. The molecule has 0 bridgehead atoms. The third kappa shape index (κ3) is 3.45. The van der Waals surface area contributed by atoms with Gasteiger partial charge in [0.25, 0.3) is 0 Å². The van der Waals surface area contributed by atoms with E-state index in [4.69, 9.17) is 4.74 Å². The van der Waals surface area contributed by atoms with Gasteiger partial charge in [-0.1, -0.05) is 6.07 Å². The smallest absolute Gasteiger partial charge is 0.471 e. The van der Waals surface area contributed by atoms with Crippen molar-refractivity contribution in [2.75, 3.05) is 12.0 Å². The number of aromatic nitrogens is 3. The molecule has 2 rings (SSSR count). The summed E-state index contributed by atoms with van der Waals surface area (Å²) in [7, 11) is 1.35. The molecule has 2 N–H and O–H groups in total. The minimum absolute atomic E-state index is 0.0366. The molecule has 1 aromatic carbocycles. The van der Waals surface area contributed by atoms with Crippen molar-refractivity contribution in [1.82, 2.24) is 15.2 Å². The van der Waals surface area contributed by atoms with Gasteiger partial charge in [0.2, 0.25) is 0 Å². The molecule has 7 nitrogen and oxygen atoms in total. The van der Waals surface area contributed by atoms with Gasteiger partial charge >= 0.3 is 17.8 Å². The minimum atomic E-state index is -5.07. The van der Waals surface area contributed by atoms with Crippen LogP contribution in [0.4, 0.5) is 18.9 Å². The van der Waals surface area contributed by atoms with E-state index in [-0.39, 0.29) is 17.3 Å². The number of ether oxygens (including phenoxy) is 1. The van der Waals surface area contributed by atoms with E-state index < -0.39 is 24.3 Å². The van der Waals surface area contributed by atoms with Crippen molar-refractivity contribution in [1.29, 1.82) is 0 Å². The number of aromatic amines is 2. The predicted molar refractivity (Wildman–Crippen MR) is 69.4 cm³/mol. The zero-order valence-corrected chi connectivity index (χ0v) is 11.3. The van der Waals surface area contributed by atoms with Crippen molar-refractivity contribution in [3.8, 4) is 5.75 Å². The van der Waals surface area contributed by atoms with Crippen LogP contribution < -0.4 is 15.3 Å². The Morgan fingerprint density at radius 1 is 1.41 bits per heavy atom. The van der Waals surface area contributed by atoms with Crippen molar-refractivity contribution < 1.29 is 22.7 Å². The van der Waals surface area contributed by atoms with Gasteiger partial charge in [0.15, 0.2) is 5.82 Å². The molecule has 0 spiro atoms. The topological polar surface area (TPSA) is 91.1 Å². The van der Waals surface area contributed by atoms with Crippen LogP contribution >= 0.6 is 0 Å². The SMILES string of the molecule is COc1cccc(N(Cc2n[nH]c(=O)[nH]2)C(=O)C(F)(F)F)c1. The standard InChI is InChI=1S/C12H11F3N4O3/c1-22-8-4-2-3-7(5-8)19(10(20)12(13,14)15)6-9-16-11(21)18-17-9/h2-5H,6H2,1H3,(H2,16,17,18,21). The largest absolute Gasteiger partial charge is 0.497 e. The van der Waals surface area contributed by atoms with Crippen LogP contribution in [0.2, 0.25) is 0 Å². The Kier molecular flexibility index (Phi) is 4.20. The fraction of sp³-hybridized carbons (Fsp3) is 0.250. The monoisotopic (exact) mass is 316 g/mol. The van der Waals surface area contributed by atoms with Gasteiger partial charge in [0.1, 0.15) is 5.75 Å². The summed E-state index contributed by atoms with van der Waals surface area (Å²) in [6.45, 7) is -0.551. The average molecular weight is 316 g/mol. The number of hydrogen-bond acceptors (Lipinski definition) is 4. The van der Waals surface area contributed by atoms with Crippen LogP contribution in [0.25, 0.3) is 0 Å². The van der Waals surface area contributed by atoms with E-state index in [1.165, 1.54) is 31.4 Å². The summed E-state index contributed by atoms with van der Waals surface area (Å²) in [6.07, 6.45) is -5.07. The molecular formula is C12H11F3N4O3. The number of halogens is 3. The van der Waals surface area contributed by atoms with E-state index in [0.29, 0.717) is 4.90 Å². The van der Waals surface area contributed by atoms with Gasteiger partial charge in [-0.05, 0) is 12.1 Å². The highest BCUT2D eigenvalue weighted by Gasteiger charge is 2.43. The van der Waals surface area contributed by atoms with E-state index in [1.54, 1.807) is 0 Å². The van der Waals surface area contributed by atoms with Gasteiger partial charge in [-0.3, -0.25) is 14.7 Å². The van der Waals surface area contributed by atoms with Crippen LogP contribution in [0.3, 0.4) is 0 Å². The van der Waals surface area contributed by atoms with Gasteiger partial charge < -0.3 is 4.74 Å². The molecule has 1 aromatic heterocycles. The lowest BCUT2D eigenvalue weighted by atomic mass is 10.2. The molecule has 0 radical (unpaired) electrons. The Labute approximate surface area is 121 Å². The normalized spacial score (nSPS) is 11.3. The first kappa shape index (κ1) is 15.6. The summed E-state index contributed by atoms with van der Waals surface area (Å²) in [5.74, 6) is -1.90. The van der Waals surface area contributed by atoms with E-state index in [0.717, 1.165) is 0 Å². The maximum absolute atomic E-state index is 12.8. The second-order valence-corrected chi connectivity index (χ2v) is 4.21. The molecule has 0 aliphatic carbocycles. The third-order valence-electron chi connectivity index (χ3n) is 2.71. The Morgan fingerprint density at radius 3 is 2.68 bits per heavy atom. The lowest BCUT2D eigenvalue weighted by Gasteiger charge is -2.23. The van der Waals surface area contributed by atoms with Crippen LogP contribution in [0.15, 0.2) is 29.1 Å². The second kappa shape index (κ2) is 5.92. The number of carbonyl (C=O) groups is 1. The molecule has 10 heteroatoms. The minimum Gasteiger partial charge on any atom is -0.497 e. The quantitative estimate of drug-likeness (QED) is 0.887. The van der Waals surface area contributed by atoms with Crippen molar-refractivity contribution in [2.45, 2.75) is 12.7 Å². The Hall–Kier alpha value is -2.78. The number of alkyl halides is 3. The molecular weight excluding hydrogens is 305 g/mol. The molecule has 0 fully saturated rings. The van der Waals surface area contributed by atoms with Crippen LogP contribution in [0, 0.1) is 0 Å². The number of rotatable bonds is 4. The second-order valence-electron chi connectivity index (χ2n) is 4.21. The molecule has 1 heterocycles. The summed E-state index contributed by atoms with van der Waals surface area (Å²) in [5, 5.41) is 5.52. The molecule has 2 aromatic rings.